The number of hydrogen-bond acceptors (Lipinski definition) is 5. The average Bonchev–Trinajstić information content (AvgIpc) is 2.74. The molecule has 2 unspecified atom stereocenters. The van der Waals surface area contributed by atoms with E-state index in [0.29, 0.717) is 25.7 Å². The van der Waals surface area contributed by atoms with Gasteiger partial charge in [0.2, 0.25) is 0 Å². The normalized spacial score (nSPS) is 31.6. The van der Waals surface area contributed by atoms with Crippen molar-refractivity contribution in [3.05, 3.63) is 0 Å². The summed E-state index contributed by atoms with van der Waals surface area (Å²) in [5.74, 6) is -0.0485. The molecular formula is C11H19NO4. The van der Waals surface area contributed by atoms with Gasteiger partial charge in [0.25, 0.3) is 0 Å². The smallest absolute Gasteiger partial charge is 0.312 e. The lowest BCUT2D eigenvalue weighted by Gasteiger charge is -2.22. The van der Waals surface area contributed by atoms with Gasteiger partial charge in [-0.05, 0) is 18.8 Å². The summed E-state index contributed by atoms with van der Waals surface area (Å²) < 4.78 is 15.7. The number of hydrogen-bond donors (Lipinski definition) is 1. The summed E-state index contributed by atoms with van der Waals surface area (Å²) >= 11 is 0. The van der Waals surface area contributed by atoms with Gasteiger partial charge in [-0.2, -0.15) is 0 Å². The molecule has 2 aliphatic rings. The molecule has 5 heteroatoms. The average molecular weight is 229 g/mol. The Hall–Kier alpha value is -0.650. The lowest BCUT2D eigenvalue weighted by atomic mass is 10.0. The first kappa shape index (κ1) is 11.8. The molecule has 5 nitrogen and oxygen atoms in total. The van der Waals surface area contributed by atoms with Crippen LogP contribution in [0.2, 0.25) is 0 Å². The Labute approximate surface area is 95.2 Å². The zero-order valence-corrected chi connectivity index (χ0v) is 9.39. The predicted octanol–water partition coefficient (Wildman–Crippen LogP) is -0.0701. The molecule has 2 saturated heterocycles. The molecule has 2 fully saturated rings. The van der Waals surface area contributed by atoms with Gasteiger partial charge in [-0.25, -0.2) is 0 Å². The third-order valence-electron chi connectivity index (χ3n) is 3.23. The van der Waals surface area contributed by atoms with E-state index in [0.717, 1.165) is 26.1 Å². The minimum absolute atomic E-state index is 0.206. The van der Waals surface area contributed by atoms with Crippen molar-refractivity contribution >= 4 is 5.97 Å². The lowest BCUT2D eigenvalue weighted by molar-refractivity contribution is -0.151. The molecule has 0 amide bonds. The molecule has 16 heavy (non-hydrogen) atoms. The van der Waals surface area contributed by atoms with E-state index in [-0.39, 0.29) is 17.9 Å². The van der Waals surface area contributed by atoms with E-state index in [1.54, 1.807) is 0 Å². The summed E-state index contributed by atoms with van der Waals surface area (Å²) in [6.07, 6.45) is 1.95. The fourth-order valence-electron chi connectivity index (χ4n) is 2.03. The van der Waals surface area contributed by atoms with Crippen LogP contribution in [0.1, 0.15) is 12.8 Å². The van der Waals surface area contributed by atoms with Crippen LogP contribution in [0.25, 0.3) is 0 Å². The SMILES string of the molecule is NC1COCC1C(=O)OCC1CCOCC1. The number of esters is 1. The van der Waals surface area contributed by atoms with E-state index in [2.05, 4.69) is 0 Å². The molecule has 2 aliphatic heterocycles. The molecule has 0 aromatic carbocycles. The van der Waals surface area contributed by atoms with Gasteiger partial charge in [0.15, 0.2) is 0 Å². The van der Waals surface area contributed by atoms with Crippen LogP contribution in [0.3, 0.4) is 0 Å². The molecular weight excluding hydrogens is 210 g/mol. The third-order valence-corrected chi connectivity index (χ3v) is 3.23. The quantitative estimate of drug-likeness (QED) is 0.686. The molecule has 0 saturated carbocycles. The maximum Gasteiger partial charge on any atom is 0.312 e. The minimum atomic E-state index is -0.278. The lowest BCUT2D eigenvalue weighted by Crippen LogP contribution is -2.36. The number of rotatable bonds is 3. The molecule has 0 bridgehead atoms. The molecule has 0 radical (unpaired) electrons. The predicted molar refractivity (Wildman–Crippen MR) is 56.8 cm³/mol. The molecule has 0 spiro atoms. The van der Waals surface area contributed by atoms with Crippen molar-refractivity contribution in [3.8, 4) is 0 Å². The molecule has 2 N–H and O–H groups in total. The van der Waals surface area contributed by atoms with E-state index < -0.39 is 0 Å². The Morgan fingerprint density at radius 1 is 1.25 bits per heavy atom. The first-order valence-corrected chi connectivity index (χ1v) is 5.85. The zero-order chi connectivity index (χ0) is 11.4. The molecule has 0 aromatic rings. The van der Waals surface area contributed by atoms with Gasteiger partial charge in [0.1, 0.15) is 0 Å². The van der Waals surface area contributed by atoms with Gasteiger partial charge in [-0.15, -0.1) is 0 Å². The Bertz CT molecular complexity index is 240. The Morgan fingerprint density at radius 3 is 2.62 bits per heavy atom. The van der Waals surface area contributed by atoms with Crippen LogP contribution >= 0.6 is 0 Å². The number of carbonyl (C=O) groups excluding carboxylic acids is 1. The van der Waals surface area contributed by atoms with Gasteiger partial charge in [-0.1, -0.05) is 0 Å². The van der Waals surface area contributed by atoms with Gasteiger partial charge in [0, 0.05) is 19.3 Å². The van der Waals surface area contributed by atoms with E-state index in [1.807, 2.05) is 0 Å². The maximum absolute atomic E-state index is 11.7. The van der Waals surface area contributed by atoms with Crippen molar-refractivity contribution in [3.63, 3.8) is 0 Å². The highest BCUT2D eigenvalue weighted by atomic mass is 16.5. The Kier molecular flexibility index (Phi) is 4.15. The second-order valence-electron chi connectivity index (χ2n) is 4.49. The van der Waals surface area contributed by atoms with Crippen LogP contribution in [-0.2, 0) is 19.0 Å². The Morgan fingerprint density at radius 2 is 2.00 bits per heavy atom. The highest BCUT2D eigenvalue weighted by Gasteiger charge is 2.33. The Balaban J connectivity index is 1.70. The van der Waals surface area contributed by atoms with Crippen LogP contribution in [0.15, 0.2) is 0 Å². The summed E-state index contributed by atoms with van der Waals surface area (Å²) in [6, 6.07) is -0.206. The van der Waals surface area contributed by atoms with Crippen LogP contribution in [0.4, 0.5) is 0 Å². The summed E-state index contributed by atoms with van der Waals surface area (Å²) in [5, 5.41) is 0. The van der Waals surface area contributed by atoms with E-state index in [9.17, 15) is 4.79 Å². The largest absolute Gasteiger partial charge is 0.465 e. The maximum atomic E-state index is 11.7. The fourth-order valence-corrected chi connectivity index (χ4v) is 2.03. The molecule has 2 rings (SSSR count). The van der Waals surface area contributed by atoms with Gasteiger partial charge < -0.3 is 19.9 Å². The standard InChI is InChI=1S/C11H19NO4/c12-10-7-15-6-9(10)11(13)16-5-8-1-3-14-4-2-8/h8-10H,1-7,12H2. The van der Waals surface area contributed by atoms with Crippen LogP contribution in [-0.4, -0.2) is 45.0 Å². The van der Waals surface area contributed by atoms with E-state index in [1.165, 1.54) is 0 Å². The van der Waals surface area contributed by atoms with Gasteiger partial charge in [-0.3, -0.25) is 4.79 Å². The highest BCUT2D eigenvalue weighted by Crippen LogP contribution is 2.17. The molecule has 2 atom stereocenters. The number of carbonyl (C=O) groups is 1. The molecule has 2 heterocycles. The van der Waals surface area contributed by atoms with Gasteiger partial charge >= 0.3 is 5.97 Å². The summed E-state index contributed by atoms with van der Waals surface area (Å²) in [6.45, 7) is 2.89. The van der Waals surface area contributed by atoms with Crippen LogP contribution in [0.5, 0.6) is 0 Å². The second-order valence-corrected chi connectivity index (χ2v) is 4.49. The highest BCUT2D eigenvalue weighted by molar-refractivity contribution is 5.73. The van der Waals surface area contributed by atoms with Crippen molar-refractivity contribution in [1.82, 2.24) is 0 Å². The van der Waals surface area contributed by atoms with Crippen molar-refractivity contribution in [1.29, 1.82) is 0 Å². The summed E-state index contributed by atoms with van der Waals surface area (Å²) in [5.41, 5.74) is 5.74. The molecule has 0 aromatic heterocycles. The minimum Gasteiger partial charge on any atom is -0.465 e. The monoisotopic (exact) mass is 229 g/mol. The fraction of sp³-hybridized carbons (Fsp3) is 0.909. The first-order valence-electron chi connectivity index (χ1n) is 5.85. The third kappa shape index (κ3) is 2.93. The summed E-state index contributed by atoms with van der Waals surface area (Å²) in [4.78, 5) is 11.7. The zero-order valence-electron chi connectivity index (χ0n) is 9.39. The van der Waals surface area contributed by atoms with E-state index in [4.69, 9.17) is 19.9 Å². The van der Waals surface area contributed by atoms with Crippen LogP contribution in [0, 0.1) is 11.8 Å². The summed E-state index contributed by atoms with van der Waals surface area (Å²) in [7, 11) is 0. The van der Waals surface area contributed by atoms with Crippen molar-refractivity contribution in [2.75, 3.05) is 33.0 Å². The number of ether oxygens (including phenoxy) is 3. The second kappa shape index (κ2) is 5.61. The number of nitrogens with two attached hydrogens (primary N) is 1. The van der Waals surface area contributed by atoms with Crippen molar-refractivity contribution in [2.24, 2.45) is 17.6 Å². The van der Waals surface area contributed by atoms with Gasteiger partial charge in [0.05, 0.1) is 25.7 Å². The van der Waals surface area contributed by atoms with Crippen molar-refractivity contribution < 1.29 is 19.0 Å². The van der Waals surface area contributed by atoms with Crippen molar-refractivity contribution in [2.45, 2.75) is 18.9 Å². The van der Waals surface area contributed by atoms with Crippen LogP contribution < -0.4 is 5.73 Å². The topological polar surface area (TPSA) is 70.8 Å². The first-order chi connectivity index (χ1) is 7.77. The molecule has 0 aliphatic carbocycles. The molecule has 92 valence electrons. The van der Waals surface area contributed by atoms with E-state index >= 15 is 0 Å².